The number of hydrogen-bond acceptors (Lipinski definition) is 3. The van der Waals surface area contributed by atoms with Crippen LogP contribution in [0.1, 0.15) is 63.1 Å². The van der Waals surface area contributed by atoms with Gasteiger partial charge in [0.15, 0.2) is 0 Å². The lowest BCUT2D eigenvalue weighted by Gasteiger charge is -2.23. The van der Waals surface area contributed by atoms with Gasteiger partial charge >= 0.3 is 0 Å². The zero-order valence-electron chi connectivity index (χ0n) is 11.6. The molecule has 2 aliphatic carbocycles. The Morgan fingerprint density at radius 1 is 1.53 bits per heavy atom. The number of hydrogen-bond donors (Lipinski definition) is 0. The lowest BCUT2D eigenvalue weighted by Crippen LogP contribution is -2.34. The molecular formula is C15H20N2O2. The second-order valence-electron chi connectivity index (χ2n) is 6.68. The topological polar surface area (TPSA) is 46.3 Å². The molecule has 102 valence electrons. The van der Waals surface area contributed by atoms with E-state index in [9.17, 15) is 4.79 Å². The van der Waals surface area contributed by atoms with Crippen LogP contribution in [0.25, 0.3) is 0 Å². The number of rotatable bonds is 3. The van der Waals surface area contributed by atoms with Crippen LogP contribution < -0.4 is 0 Å². The molecule has 4 heteroatoms. The predicted molar refractivity (Wildman–Crippen MR) is 69.4 cm³/mol. The van der Waals surface area contributed by atoms with E-state index in [-0.39, 0.29) is 11.5 Å². The Kier molecular flexibility index (Phi) is 2.19. The molecule has 2 heterocycles. The number of nitrogens with zero attached hydrogens (tertiary/aromatic N) is 2. The Morgan fingerprint density at radius 2 is 2.26 bits per heavy atom. The van der Waals surface area contributed by atoms with Crippen molar-refractivity contribution in [1.29, 1.82) is 0 Å². The van der Waals surface area contributed by atoms with Gasteiger partial charge in [-0.2, -0.15) is 0 Å². The Labute approximate surface area is 113 Å². The number of likely N-dealkylation sites (tertiary alicyclic amines) is 1. The molecule has 1 atom stereocenters. The molecule has 0 spiro atoms. The molecular weight excluding hydrogens is 240 g/mol. The monoisotopic (exact) mass is 260 g/mol. The third-order valence-corrected chi connectivity index (χ3v) is 5.04. The smallest absolute Gasteiger partial charge is 0.229 e. The Balaban J connectivity index is 1.56. The van der Waals surface area contributed by atoms with Gasteiger partial charge in [0, 0.05) is 6.54 Å². The van der Waals surface area contributed by atoms with Gasteiger partial charge in [0.1, 0.15) is 12.3 Å². The molecule has 1 aromatic heterocycles. The highest BCUT2D eigenvalue weighted by Gasteiger charge is 2.75. The van der Waals surface area contributed by atoms with Crippen LogP contribution >= 0.6 is 0 Å². The number of carbonyl (C=O) groups excluding carboxylic acids is 1. The molecule has 3 aliphatic rings. The van der Waals surface area contributed by atoms with E-state index in [2.05, 4.69) is 18.8 Å². The standard InChI is InChI=1S/C15H20N2O2/c1-9(2)11-8-19-13(16-11)12-4-3-5-17(12)14(18)15-6-10(15)7-15/h8-10,12H,3-7H2,1-2H3/t10?,12-,15?/m0/s1. The maximum Gasteiger partial charge on any atom is 0.229 e. The van der Waals surface area contributed by atoms with Gasteiger partial charge < -0.3 is 9.32 Å². The van der Waals surface area contributed by atoms with Crippen LogP contribution in [0.15, 0.2) is 10.7 Å². The van der Waals surface area contributed by atoms with Crippen molar-refractivity contribution in [3.63, 3.8) is 0 Å². The molecule has 0 bridgehead atoms. The number of amides is 1. The highest BCUT2D eigenvalue weighted by atomic mass is 16.3. The minimum Gasteiger partial charge on any atom is -0.446 e. The number of fused-ring (bicyclic) bond motifs is 1. The summed E-state index contributed by atoms with van der Waals surface area (Å²) in [6.07, 6.45) is 6.05. The van der Waals surface area contributed by atoms with Crippen LogP contribution in [0, 0.1) is 11.3 Å². The zero-order valence-corrected chi connectivity index (χ0v) is 11.6. The quantitative estimate of drug-likeness (QED) is 0.839. The first-order valence-corrected chi connectivity index (χ1v) is 7.38. The van der Waals surface area contributed by atoms with E-state index < -0.39 is 0 Å². The third kappa shape index (κ3) is 1.58. The van der Waals surface area contributed by atoms with E-state index in [1.165, 1.54) is 0 Å². The second-order valence-corrected chi connectivity index (χ2v) is 6.68. The molecule has 0 aromatic carbocycles. The van der Waals surface area contributed by atoms with Crippen molar-refractivity contribution in [1.82, 2.24) is 9.88 Å². The number of aromatic nitrogens is 1. The summed E-state index contributed by atoms with van der Waals surface area (Å²) < 4.78 is 5.63. The molecule has 1 aliphatic heterocycles. The van der Waals surface area contributed by atoms with Crippen LogP contribution in [0.4, 0.5) is 0 Å². The molecule has 3 fully saturated rings. The molecule has 4 rings (SSSR count). The molecule has 19 heavy (non-hydrogen) atoms. The van der Waals surface area contributed by atoms with Crippen molar-refractivity contribution in [3.8, 4) is 0 Å². The second kappa shape index (κ2) is 3.62. The third-order valence-electron chi connectivity index (χ3n) is 5.04. The van der Waals surface area contributed by atoms with Crippen molar-refractivity contribution in [3.05, 3.63) is 17.8 Å². The highest BCUT2D eigenvalue weighted by Crippen LogP contribution is 2.76. The molecule has 1 saturated heterocycles. The van der Waals surface area contributed by atoms with Gasteiger partial charge in [-0.25, -0.2) is 4.98 Å². The van der Waals surface area contributed by atoms with Gasteiger partial charge in [0.05, 0.1) is 11.1 Å². The fraction of sp³-hybridized carbons (Fsp3) is 0.733. The first-order chi connectivity index (χ1) is 9.12. The average molecular weight is 260 g/mol. The van der Waals surface area contributed by atoms with Crippen molar-refractivity contribution < 1.29 is 9.21 Å². The van der Waals surface area contributed by atoms with Crippen molar-refractivity contribution >= 4 is 5.91 Å². The molecule has 0 N–H and O–H groups in total. The van der Waals surface area contributed by atoms with Crippen LogP contribution in [0.2, 0.25) is 0 Å². The summed E-state index contributed by atoms with van der Waals surface area (Å²) in [5.74, 6) is 2.18. The summed E-state index contributed by atoms with van der Waals surface area (Å²) in [5, 5.41) is 0. The molecule has 2 saturated carbocycles. The Hall–Kier alpha value is -1.32. The normalized spacial score (nSPS) is 35.6. The van der Waals surface area contributed by atoms with Crippen molar-refractivity contribution in [2.45, 2.75) is 51.5 Å². The number of oxazole rings is 1. The number of carbonyl (C=O) groups is 1. The van der Waals surface area contributed by atoms with E-state index in [0.717, 1.165) is 43.8 Å². The van der Waals surface area contributed by atoms with Crippen molar-refractivity contribution in [2.75, 3.05) is 6.54 Å². The Bertz CT molecular complexity index is 528. The molecule has 4 nitrogen and oxygen atoms in total. The van der Waals surface area contributed by atoms with Gasteiger partial charge in [-0.15, -0.1) is 0 Å². The van der Waals surface area contributed by atoms with Gasteiger partial charge in [-0.05, 0) is 37.5 Å². The molecule has 0 radical (unpaired) electrons. The highest BCUT2D eigenvalue weighted by molar-refractivity contribution is 5.90. The zero-order chi connectivity index (χ0) is 13.2. The lowest BCUT2D eigenvalue weighted by molar-refractivity contribution is -0.136. The largest absolute Gasteiger partial charge is 0.446 e. The summed E-state index contributed by atoms with van der Waals surface area (Å²) in [6, 6.07) is 0.0798. The van der Waals surface area contributed by atoms with Crippen LogP contribution in [-0.4, -0.2) is 22.3 Å². The van der Waals surface area contributed by atoms with E-state index >= 15 is 0 Å². The fourth-order valence-electron chi connectivity index (χ4n) is 3.32. The maximum atomic E-state index is 12.6. The van der Waals surface area contributed by atoms with E-state index in [1.54, 1.807) is 6.26 Å². The maximum absolute atomic E-state index is 12.6. The first-order valence-electron chi connectivity index (χ1n) is 7.38. The summed E-state index contributed by atoms with van der Waals surface area (Å²) in [4.78, 5) is 19.2. The van der Waals surface area contributed by atoms with Gasteiger partial charge in [-0.3, -0.25) is 4.79 Å². The summed E-state index contributed by atoms with van der Waals surface area (Å²) in [5.41, 5.74) is 1.05. The van der Waals surface area contributed by atoms with Crippen molar-refractivity contribution in [2.24, 2.45) is 11.3 Å². The van der Waals surface area contributed by atoms with Gasteiger partial charge in [-0.1, -0.05) is 13.8 Å². The summed E-state index contributed by atoms with van der Waals surface area (Å²) in [7, 11) is 0. The molecule has 0 unspecified atom stereocenters. The Morgan fingerprint density at radius 3 is 2.84 bits per heavy atom. The molecule has 1 aromatic rings. The summed E-state index contributed by atoms with van der Waals surface area (Å²) >= 11 is 0. The first kappa shape index (κ1) is 11.5. The van der Waals surface area contributed by atoms with Crippen LogP contribution in [0.3, 0.4) is 0 Å². The summed E-state index contributed by atoms with van der Waals surface area (Å²) in [6.45, 7) is 5.09. The average Bonchev–Trinajstić information content (AvgIpc) is 3.04. The van der Waals surface area contributed by atoms with E-state index in [1.807, 2.05) is 4.90 Å². The van der Waals surface area contributed by atoms with Crippen LogP contribution in [0.5, 0.6) is 0 Å². The predicted octanol–water partition coefficient (Wildman–Crippen LogP) is 2.87. The van der Waals surface area contributed by atoms with E-state index in [0.29, 0.717) is 17.7 Å². The van der Waals surface area contributed by atoms with Crippen LogP contribution in [-0.2, 0) is 4.79 Å². The minimum atomic E-state index is 0.0655. The fourth-order valence-corrected chi connectivity index (χ4v) is 3.32. The van der Waals surface area contributed by atoms with Gasteiger partial charge in [0.2, 0.25) is 11.8 Å². The molecule has 1 amide bonds. The SMILES string of the molecule is CC(C)c1coc([C@@H]2CCCN2C(=O)C23CC2C3)n1. The lowest BCUT2D eigenvalue weighted by atomic mass is 10.1. The van der Waals surface area contributed by atoms with E-state index in [4.69, 9.17) is 4.42 Å². The van der Waals surface area contributed by atoms with Gasteiger partial charge in [0.25, 0.3) is 0 Å². The minimum absolute atomic E-state index is 0.0655.